The fraction of sp³-hybridized carbons (Fsp3) is 0.333. The average molecular weight is 331 g/mol. The molecule has 1 N–H and O–H groups in total. The normalized spacial score (nSPS) is 14.5. The number of carbonyl (C=O) groups excluding carboxylic acids is 1. The Morgan fingerprint density at radius 1 is 1.43 bits per heavy atom. The maximum atomic E-state index is 13.4. The van der Waals surface area contributed by atoms with Crippen LogP contribution in [0.1, 0.15) is 12.8 Å². The minimum atomic E-state index is -0.318. The molecule has 1 aromatic carbocycles. The first kappa shape index (κ1) is 14.4. The van der Waals surface area contributed by atoms with Crippen LogP contribution in [0.15, 0.2) is 23.4 Å². The molecule has 0 radical (unpaired) electrons. The van der Waals surface area contributed by atoms with Crippen molar-refractivity contribution < 1.29 is 9.18 Å². The number of rotatable bonds is 4. The van der Waals surface area contributed by atoms with Crippen molar-refractivity contribution in [3.05, 3.63) is 24.0 Å². The van der Waals surface area contributed by atoms with Crippen LogP contribution in [0.4, 0.5) is 4.39 Å². The molecule has 0 atom stereocenters. The molecule has 8 heteroatoms. The van der Waals surface area contributed by atoms with E-state index >= 15 is 0 Å². The first-order valence-corrected chi connectivity index (χ1v) is 8.31. The number of hydrogen-bond acceptors (Lipinski definition) is 5. The van der Waals surface area contributed by atoms with Crippen LogP contribution in [0.25, 0.3) is 22.1 Å². The minimum Gasteiger partial charge on any atom is -0.353 e. The van der Waals surface area contributed by atoms with Crippen LogP contribution < -0.4 is 5.32 Å². The number of aromatic nitrogens is 4. The van der Waals surface area contributed by atoms with Crippen molar-refractivity contribution in [3.8, 4) is 0 Å². The molecule has 2 aromatic heterocycles. The van der Waals surface area contributed by atoms with Crippen LogP contribution >= 0.6 is 11.8 Å². The van der Waals surface area contributed by atoms with E-state index in [2.05, 4.69) is 20.5 Å². The Bertz CT molecular complexity index is 921. The van der Waals surface area contributed by atoms with Crippen LogP contribution in [0.5, 0.6) is 0 Å². The summed E-state index contributed by atoms with van der Waals surface area (Å²) in [6.07, 6.45) is 2.12. The summed E-state index contributed by atoms with van der Waals surface area (Å²) in [5.41, 5.74) is 2.04. The molecule has 0 saturated heterocycles. The van der Waals surface area contributed by atoms with Gasteiger partial charge in [0, 0.05) is 18.5 Å². The third-order valence-corrected chi connectivity index (χ3v) is 4.65. The maximum Gasteiger partial charge on any atom is 0.230 e. The van der Waals surface area contributed by atoms with E-state index in [9.17, 15) is 9.18 Å². The SMILES string of the molecule is Cn1c2ccc(F)cc2c2nnc(SCC(=O)NC3CC3)nc21. The molecule has 2 heterocycles. The predicted molar refractivity (Wildman–Crippen MR) is 85.7 cm³/mol. The summed E-state index contributed by atoms with van der Waals surface area (Å²) < 4.78 is 15.3. The Kier molecular flexibility index (Phi) is 3.41. The summed E-state index contributed by atoms with van der Waals surface area (Å²) >= 11 is 1.25. The average Bonchev–Trinajstić information content (AvgIpc) is 3.31. The molecular formula is C15H14FN5OS. The Balaban J connectivity index is 1.63. The number of carbonyl (C=O) groups is 1. The highest BCUT2D eigenvalue weighted by Crippen LogP contribution is 2.27. The third-order valence-electron chi connectivity index (χ3n) is 3.82. The van der Waals surface area contributed by atoms with E-state index in [0.717, 1.165) is 18.4 Å². The van der Waals surface area contributed by atoms with Gasteiger partial charge in [0.15, 0.2) is 5.65 Å². The molecule has 1 aliphatic carbocycles. The van der Waals surface area contributed by atoms with Gasteiger partial charge in [-0.2, -0.15) is 0 Å². The van der Waals surface area contributed by atoms with Gasteiger partial charge < -0.3 is 9.88 Å². The zero-order valence-corrected chi connectivity index (χ0v) is 13.2. The first-order valence-electron chi connectivity index (χ1n) is 7.32. The van der Waals surface area contributed by atoms with Gasteiger partial charge >= 0.3 is 0 Å². The topological polar surface area (TPSA) is 72.7 Å². The van der Waals surface area contributed by atoms with Gasteiger partial charge in [0.2, 0.25) is 11.1 Å². The maximum absolute atomic E-state index is 13.4. The summed E-state index contributed by atoms with van der Waals surface area (Å²) in [6.45, 7) is 0. The van der Waals surface area contributed by atoms with Crippen LogP contribution in [0.3, 0.4) is 0 Å². The lowest BCUT2D eigenvalue weighted by atomic mass is 10.2. The molecule has 1 saturated carbocycles. The molecular weight excluding hydrogens is 317 g/mol. The lowest BCUT2D eigenvalue weighted by Gasteiger charge is -2.02. The molecule has 4 rings (SSSR count). The number of halogens is 1. The van der Waals surface area contributed by atoms with Crippen molar-refractivity contribution in [2.24, 2.45) is 7.05 Å². The molecule has 6 nitrogen and oxygen atoms in total. The number of thioether (sulfide) groups is 1. The van der Waals surface area contributed by atoms with E-state index in [0.29, 0.717) is 27.7 Å². The van der Waals surface area contributed by atoms with Gasteiger partial charge in [-0.05, 0) is 31.0 Å². The van der Waals surface area contributed by atoms with Gasteiger partial charge in [0.1, 0.15) is 11.3 Å². The van der Waals surface area contributed by atoms with E-state index in [4.69, 9.17) is 0 Å². The van der Waals surface area contributed by atoms with Crippen molar-refractivity contribution in [3.63, 3.8) is 0 Å². The second-order valence-electron chi connectivity index (χ2n) is 5.62. The third kappa shape index (κ3) is 2.74. The van der Waals surface area contributed by atoms with E-state index in [-0.39, 0.29) is 17.5 Å². The molecule has 0 aliphatic heterocycles. The molecule has 1 fully saturated rings. The van der Waals surface area contributed by atoms with Crippen molar-refractivity contribution in [1.82, 2.24) is 25.1 Å². The summed E-state index contributed by atoms with van der Waals surface area (Å²) in [5, 5.41) is 12.3. The zero-order valence-electron chi connectivity index (χ0n) is 12.4. The smallest absolute Gasteiger partial charge is 0.230 e. The highest BCUT2D eigenvalue weighted by molar-refractivity contribution is 7.99. The Morgan fingerprint density at radius 2 is 2.26 bits per heavy atom. The molecule has 0 bridgehead atoms. The number of fused-ring (bicyclic) bond motifs is 3. The Labute approximate surface area is 135 Å². The summed E-state index contributed by atoms with van der Waals surface area (Å²) in [6, 6.07) is 4.89. The zero-order chi connectivity index (χ0) is 16.0. The van der Waals surface area contributed by atoms with Gasteiger partial charge in [0.05, 0.1) is 11.3 Å². The van der Waals surface area contributed by atoms with Crippen LogP contribution in [0, 0.1) is 5.82 Å². The molecule has 1 amide bonds. The van der Waals surface area contributed by atoms with Crippen LogP contribution in [0.2, 0.25) is 0 Å². The largest absolute Gasteiger partial charge is 0.353 e. The summed E-state index contributed by atoms with van der Waals surface area (Å²) in [5.74, 6) is -0.0651. The van der Waals surface area contributed by atoms with E-state index in [1.54, 1.807) is 6.07 Å². The number of benzene rings is 1. The highest BCUT2D eigenvalue weighted by Gasteiger charge is 2.23. The van der Waals surface area contributed by atoms with Crippen molar-refractivity contribution >= 4 is 39.7 Å². The van der Waals surface area contributed by atoms with Crippen LogP contribution in [-0.4, -0.2) is 37.5 Å². The van der Waals surface area contributed by atoms with Gasteiger partial charge in [-0.1, -0.05) is 11.8 Å². The van der Waals surface area contributed by atoms with Crippen molar-refractivity contribution in [2.45, 2.75) is 24.0 Å². The van der Waals surface area contributed by atoms with Crippen molar-refractivity contribution in [2.75, 3.05) is 5.75 Å². The number of hydrogen-bond donors (Lipinski definition) is 1. The monoisotopic (exact) mass is 331 g/mol. The number of nitrogens with one attached hydrogen (secondary N) is 1. The molecule has 118 valence electrons. The molecule has 23 heavy (non-hydrogen) atoms. The summed E-state index contributed by atoms with van der Waals surface area (Å²) in [4.78, 5) is 16.2. The van der Waals surface area contributed by atoms with Gasteiger partial charge in [-0.3, -0.25) is 4.79 Å². The fourth-order valence-corrected chi connectivity index (χ4v) is 3.10. The standard InChI is InChI=1S/C15H14FN5OS/c1-21-11-5-2-8(16)6-10(11)13-14(21)18-15(20-19-13)23-7-12(22)17-9-3-4-9/h2,5-6,9H,3-4,7H2,1H3,(H,17,22). The number of nitrogens with zero attached hydrogens (tertiary/aromatic N) is 4. The lowest BCUT2D eigenvalue weighted by Crippen LogP contribution is -2.27. The van der Waals surface area contributed by atoms with E-state index in [1.807, 2.05) is 11.6 Å². The van der Waals surface area contributed by atoms with Gasteiger partial charge in [-0.25, -0.2) is 9.37 Å². The Morgan fingerprint density at radius 3 is 3.04 bits per heavy atom. The van der Waals surface area contributed by atoms with Crippen molar-refractivity contribution in [1.29, 1.82) is 0 Å². The molecule has 3 aromatic rings. The van der Waals surface area contributed by atoms with Crippen LogP contribution in [-0.2, 0) is 11.8 Å². The second-order valence-corrected chi connectivity index (χ2v) is 6.56. The minimum absolute atomic E-state index is 0.0136. The fourth-order valence-electron chi connectivity index (χ4n) is 2.50. The summed E-state index contributed by atoms with van der Waals surface area (Å²) in [7, 11) is 1.85. The predicted octanol–water partition coefficient (Wildman–Crippen LogP) is 2.03. The van der Waals surface area contributed by atoms with Gasteiger partial charge in [-0.15, -0.1) is 10.2 Å². The molecule has 0 spiro atoms. The number of aryl methyl sites for hydroxylation is 1. The lowest BCUT2D eigenvalue weighted by molar-refractivity contribution is -0.118. The highest BCUT2D eigenvalue weighted by atomic mass is 32.2. The second kappa shape index (κ2) is 5.45. The Hall–Kier alpha value is -2.22. The van der Waals surface area contributed by atoms with E-state index in [1.165, 1.54) is 23.9 Å². The van der Waals surface area contributed by atoms with E-state index < -0.39 is 0 Å². The first-order chi connectivity index (χ1) is 11.1. The molecule has 0 unspecified atom stereocenters. The van der Waals surface area contributed by atoms with Gasteiger partial charge in [0.25, 0.3) is 0 Å². The quantitative estimate of drug-likeness (QED) is 0.741. The number of amides is 1. The molecule has 1 aliphatic rings.